The predicted molar refractivity (Wildman–Crippen MR) is 108 cm³/mol. The van der Waals surface area contributed by atoms with Crippen LogP contribution in [0.3, 0.4) is 0 Å². The van der Waals surface area contributed by atoms with E-state index in [1.165, 1.54) is 6.92 Å². The number of nitrogens with one attached hydrogen (secondary N) is 2. The van der Waals surface area contributed by atoms with E-state index in [4.69, 9.17) is 14.2 Å². The van der Waals surface area contributed by atoms with Gasteiger partial charge in [-0.05, 0) is 42.8 Å². The van der Waals surface area contributed by atoms with Gasteiger partial charge >= 0.3 is 5.97 Å². The van der Waals surface area contributed by atoms with Crippen LogP contribution in [0.15, 0.2) is 48.5 Å². The first kappa shape index (κ1) is 21.7. The van der Waals surface area contributed by atoms with E-state index in [0.717, 1.165) is 6.42 Å². The van der Waals surface area contributed by atoms with Crippen LogP contribution in [0.2, 0.25) is 0 Å². The van der Waals surface area contributed by atoms with Crippen molar-refractivity contribution in [2.45, 2.75) is 20.3 Å². The second-order valence-electron chi connectivity index (χ2n) is 6.05. The largest absolute Gasteiger partial charge is 0.490 e. The van der Waals surface area contributed by atoms with E-state index in [-0.39, 0.29) is 12.5 Å². The third-order valence-electron chi connectivity index (χ3n) is 3.51. The zero-order valence-corrected chi connectivity index (χ0v) is 16.4. The SMILES string of the molecule is CCCOc1ccccc1OCC(=O)OCC(=O)Nc1ccc(NC(C)=O)cc1. The number of anilines is 2. The van der Waals surface area contributed by atoms with Crippen LogP contribution in [0.25, 0.3) is 0 Å². The number of rotatable bonds is 10. The molecule has 0 saturated carbocycles. The molecule has 0 heterocycles. The van der Waals surface area contributed by atoms with Gasteiger partial charge in [0.2, 0.25) is 5.91 Å². The summed E-state index contributed by atoms with van der Waals surface area (Å²) in [5.74, 6) is -0.372. The molecule has 0 spiro atoms. The van der Waals surface area contributed by atoms with Gasteiger partial charge in [0, 0.05) is 18.3 Å². The van der Waals surface area contributed by atoms with Crippen molar-refractivity contribution in [2.75, 3.05) is 30.5 Å². The molecule has 2 N–H and O–H groups in total. The second-order valence-corrected chi connectivity index (χ2v) is 6.05. The molecule has 0 aliphatic carbocycles. The molecule has 0 saturated heterocycles. The summed E-state index contributed by atoms with van der Waals surface area (Å²) in [5, 5.41) is 5.22. The molecule has 8 heteroatoms. The van der Waals surface area contributed by atoms with Crippen molar-refractivity contribution in [2.24, 2.45) is 0 Å². The lowest BCUT2D eigenvalue weighted by atomic mass is 10.2. The van der Waals surface area contributed by atoms with Gasteiger partial charge in [-0.3, -0.25) is 9.59 Å². The van der Waals surface area contributed by atoms with E-state index in [1.807, 2.05) is 13.0 Å². The van der Waals surface area contributed by atoms with Crippen molar-refractivity contribution in [3.63, 3.8) is 0 Å². The highest BCUT2D eigenvalue weighted by Gasteiger charge is 2.11. The van der Waals surface area contributed by atoms with Gasteiger partial charge in [-0.1, -0.05) is 19.1 Å². The summed E-state index contributed by atoms with van der Waals surface area (Å²) >= 11 is 0. The van der Waals surface area contributed by atoms with Gasteiger partial charge in [0.1, 0.15) is 0 Å². The van der Waals surface area contributed by atoms with Crippen LogP contribution in [0.4, 0.5) is 11.4 Å². The maximum atomic E-state index is 11.9. The van der Waals surface area contributed by atoms with Gasteiger partial charge in [-0.25, -0.2) is 4.79 Å². The first-order valence-electron chi connectivity index (χ1n) is 9.15. The van der Waals surface area contributed by atoms with Crippen molar-refractivity contribution in [1.82, 2.24) is 0 Å². The number of hydrogen-bond donors (Lipinski definition) is 2. The smallest absolute Gasteiger partial charge is 0.344 e. The van der Waals surface area contributed by atoms with Gasteiger partial charge < -0.3 is 24.8 Å². The van der Waals surface area contributed by atoms with Gasteiger partial charge in [-0.2, -0.15) is 0 Å². The molecule has 0 unspecified atom stereocenters. The molecule has 0 aliphatic heterocycles. The minimum atomic E-state index is -0.675. The molecule has 0 aliphatic rings. The quantitative estimate of drug-likeness (QED) is 0.595. The highest BCUT2D eigenvalue weighted by atomic mass is 16.6. The molecular formula is C21H24N2O6. The van der Waals surface area contributed by atoms with Crippen molar-refractivity contribution >= 4 is 29.2 Å². The van der Waals surface area contributed by atoms with Crippen molar-refractivity contribution in [3.05, 3.63) is 48.5 Å². The average molecular weight is 400 g/mol. The molecule has 0 radical (unpaired) electrons. The lowest BCUT2D eigenvalue weighted by molar-refractivity contribution is -0.149. The standard InChI is InChI=1S/C21H24N2O6/c1-3-12-27-18-6-4-5-7-19(18)28-14-21(26)29-13-20(25)23-17-10-8-16(9-11-17)22-15(2)24/h4-11H,3,12-14H2,1-2H3,(H,22,24)(H,23,25). The Labute approximate surface area is 169 Å². The molecule has 2 rings (SSSR count). The number of esters is 1. The average Bonchev–Trinajstić information content (AvgIpc) is 2.71. The molecule has 0 fully saturated rings. The molecule has 8 nitrogen and oxygen atoms in total. The topological polar surface area (TPSA) is 103 Å². The lowest BCUT2D eigenvalue weighted by Crippen LogP contribution is -2.23. The Morgan fingerprint density at radius 1 is 0.828 bits per heavy atom. The van der Waals surface area contributed by atoms with Crippen LogP contribution in [0, 0.1) is 0 Å². The molecule has 2 amide bonds. The molecule has 154 valence electrons. The number of hydrogen-bond acceptors (Lipinski definition) is 6. The van der Waals surface area contributed by atoms with Crippen molar-refractivity contribution in [3.8, 4) is 11.5 Å². The zero-order valence-electron chi connectivity index (χ0n) is 16.4. The summed E-state index contributed by atoms with van der Waals surface area (Å²) in [7, 11) is 0. The summed E-state index contributed by atoms with van der Waals surface area (Å²) < 4.78 is 15.9. The zero-order chi connectivity index (χ0) is 21.1. The number of amides is 2. The Morgan fingerprint density at radius 3 is 2.00 bits per heavy atom. The van der Waals surface area contributed by atoms with Crippen molar-refractivity contribution < 1.29 is 28.6 Å². The third kappa shape index (κ3) is 7.92. The summed E-state index contributed by atoms with van der Waals surface area (Å²) in [6, 6.07) is 13.6. The molecular weight excluding hydrogens is 376 g/mol. The molecule has 0 bridgehead atoms. The minimum Gasteiger partial charge on any atom is -0.490 e. The Morgan fingerprint density at radius 2 is 1.41 bits per heavy atom. The maximum Gasteiger partial charge on any atom is 0.344 e. The fraction of sp³-hybridized carbons (Fsp3) is 0.286. The summed E-state index contributed by atoms with van der Waals surface area (Å²) in [4.78, 5) is 34.7. The van der Waals surface area contributed by atoms with E-state index in [1.54, 1.807) is 42.5 Å². The highest BCUT2D eigenvalue weighted by Crippen LogP contribution is 2.26. The van der Waals surface area contributed by atoms with Gasteiger partial charge in [0.15, 0.2) is 24.7 Å². The van der Waals surface area contributed by atoms with E-state index in [9.17, 15) is 14.4 Å². The van der Waals surface area contributed by atoms with Crippen LogP contribution in [-0.2, 0) is 19.1 Å². The molecule has 2 aromatic rings. The van der Waals surface area contributed by atoms with Gasteiger partial charge in [0.05, 0.1) is 6.61 Å². The van der Waals surface area contributed by atoms with E-state index in [2.05, 4.69) is 10.6 Å². The Kier molecular flexibility index (Phi) is 8.50. The number of ether oxygens (including phenoxy) is 3. The molecule has 29 heavy (non-hydrogen) atoms. The fourth-order valence-electron chi connectivity index (χ4n) is 2.26. The Balaban J connectivity index is 1.75. The Hall–Kier alpha value is -3.55. The van der Waals surface area contributed by atoms with Crippen LogP contribution >= 0.6 is 0 Å². The number of para-hydroxylation sites is 2. The van der Waals surface area contributed by atoms with Crippen LogP contribution in [-0.4, -0.2) is 37.6 Å². The lowest BCUT2D eigenvalue weighted by Gasteiger charge is -2.12. The molecule has 0 aromatic heterocycles. The molecule has 0 atom stereocenters. The minimum absolute atomic E-state index is 0.185. The monoisotopic (exact) mass is 400 g/mol. The van der Waals surface area contributed by atoms with Crippen LogP contribution in [0.5, 0.6) is 11.5 Å². The fourth-order valence-corrected chi connectivity index (χ4v) is 2.26. The highest BCUT2D eigenvalue weighted by molar-refractivity contribution is 5.93. The second kappa shape index (κ2) is 11.3. The summed E-state index contributed by atoms with van der Waals surface area (Å²) in [6.07, 6.45) is 0.849. The van der Waals surface area contributed by atoms with Crippen LogP contribution in [0.1, 0.15) is 20.3 Å². The van der Waals surface area contributed by atoms with Crippen molar-refractivity contribution in [1.29, 1.82) is 0 Å². The third-order valence-corrected chi connectivity index (χ3v) is 3.51. The normalized spacial score (nSPS) is 10.0. The first-order valence-corrected chi connectivity index (χ1v) is 9.15. The van der Waals surface area contributed by atoms with E-state index >= 15 is 0 Å². The summed E-state index contributed by atoms with van der Waals surface area (Å²) in [6.45, 7) is 3.15. The van der Waals surface area contributed by atoms with E-state index in [0.29, 0.717) is 29.5 Å². The number of carbonyl (C=O) groups excluding carboxylic acids is 3. The van der Waals surface area contributed by atoms with E-state index < -0.39 is 18.5 Å². The predicted octanol–water partition coefficient (Wildman–Crippen LogP) is 2.99. The van der Waals surface area contributed by atoms with Gasteiger partial charge in [0.25, 0.3) is 5.91 Å². The summed E-state index contributed by atoms with van der Waals surface area (Å²) in [5.41, 5.74) is 1.13. The Bertz CT molecular complexity index is 835. The maximum absolute atomic E-state index is 11.9. The first-order chi connectivity index (χ1) is 14.0. The number of benzene rings is 2. The molecule has 2 aromatic carbocycles. The van der Waals surface area contributed by atoms with Gasteiger partial charge in [-0.15, -0.1) is 0 Å². The number of carbonyl (C=O) groups is 3. The van der Waals surface area contributed by atoms with Crippen LogP contribution < -0.4 is 20.1 Å².